The molecule has 0 bridgehead atoms. The van der Waals surface area contributed by atoms with Crippen molar-refractivity contribution in [3.05, 3.63) is 34.4 Å². The van der Waals surface area contributed by atoms with E-state index in [1.807, 2.05) is 5.48 Å². The second-order valence-electron chi connectivity index (χ2n) is 5.18. The van der Waals surface area contributed by atoms with Gasteiger partial charge in [-0.1, -0.05) is 0 Å². The number of anilines is 1. The maximum Gasteiger partial charge on any atom is 0.343 e. The number of nitro benzene ring substituents is 1. The van der Waals surface area contributed by atoms with Crippen molar-refractivity contribution in [1.29, 1.82) is 0 Å². The lowest BCUT2D eigenvalue weighted by atomic mass is 9.99. The van der Waals surface area contributed by atoms with Crippen molar-refractivity contribution in [3.63, 3.8) is 0 Å². The van der Waals surface area contributed by atoms with Crippen LogP contribution in [0.3, 0.4) is 0 Å². The van der Waals surface area contributed by atoms with E-state index in [-0.39, 0.29) is 11.4 Å². The molecule has 5 atom stereocenters. The number of carbonyl (C=O) groups is 1. The van der Waals surface area contributed by atoms with Crippen LogP contribution in [-0.2, 0) is 9.57 Å². The molecule has 0 aliphatic carbocycles. The molecular weight excluding hydrogens is 342 g/mol. The van der Waals surface area contributed by atoms with E-state index in [4.69, 9.17) is 14.7 Å². The van der Waals surface area contributed by atoms with Crippen molar-refractivity contribution >= 4 is 17.4 Å². The number of aliphatic hydroxyl groups is 4. The normalized spacial score (nSPS) is 29.0. The molecule has 1 aromatic rings. The number of aliphatic hydroxyl groups excluding tert-OH is 4. The number of urea groups is 1. The molecule has 5 unspecified atom stereocenters. The fourth-order valence-corrected chi connectivity index (χ4v) is 2.10. The Kier molecular flexibility index (Phi) is 6.19. The lowest BCUT2D eigenvalue weighted by Crippen LogP contribution is -2.60. The van der Waals surface area contributed by atoms with Crippen LogP contribution in [0.5, 0.6) is 0 Å². The van der Waals surface area contributed by atoms with E-state index < -0.39 is 48.3 Å². The highest BCUT2D eigenvalue weighted by atomic mass is 16.8. The number of ether oxygens (including phenoxy) is 1. The van der Waals surface area contributed by atoms with Crippen LogP contribution in [0.1, 0.15) is 0 Å². The molecular formula is C13H17N3O9. The Balaban J connectivity index is 1.87. The van der Waals surface area contributed by atoms with Gasteiger partial charge in [0.1, 0.15) is 24.4 Å². The van der Waals surface area contributed by atoms with Crippen molar-refractivity contribution in [2.24, 2.45) is 0 Å². The summed E-state index contributed by atoms with van der Waals surface area (Å²) >= 11 is 0. The topological polar surface area (TPSA) is 184 Å². The van der Waals surface area contributed by atoms with Crippen LogP contribution in [0.4, 0.5) is 16.2 Å². The molecule has 0 radical (unpaired) electrons. The first-order valence-electron chi connectivity index (χ1n) is 7.11. The number of carbonyl (C=O) groups excluding carboxylic acids is 1. The Hall–Kier alpha value is -2.35. The standard InChI is InChI=1S/C13H17N3O9/c17-5-8-9(18)10(19)11(20)12(24-8)25-15-13(21)14-6-1-3-7(4-2-6)16(22)23/h1-4,8-12,17-20H,5H2,(H2,14,15,21). The first kappa shape index (κ1) is 19.0. The molecule has 1 heterocycles. The van der Waals surface area contributed by atoms with Crippen molar-refractivity contribution in [2.75, 3.05) is 11.9 Å². The molecule has 12 heteroatoms. The number of nitro groups is 1. The highest BCUT2D eigenvalue weighted by molar-refractivity contribution is 5.88. The van der Waals surface area contributed by atoms with Gasteiger partial charge >= 0.3 is 6.03 Å². The van der Waals surface area contributed by atoms with Gasteiger partial charge in [0.15, 0.2) is 0 Å². The summed E-state index contributed by atoms with van der Waals surface area (Å²) in [6, 6.07) is 4.09. The van der Waals surface area contributed by atoms with E-state index in [1.54, 1.807) is 0 Å². The van der Waals surface area contributed by atoms with Gasteiger partial charge in [-0.3, -0.25) is 10.1 Å². The van der Waals surface area contributed by atoms with E-state index in [0.717, 1.165) is 0 Å². The highest BCUT2D eigenvalue weighted by Crippen LogP contribution is 2.21. The van der Waals surface area contributed by atoms with Crippen molar-refractivity contribution in [2.45, 2.75) is 30.7 Å². The van der Waals surface area contributed by atoms with Gasteiger partial charge in [-0.2, -0.15) is 0 Å². The van der Waals surface area contributed by atoms with Crippen LogP contribution >= 0.6 is 0 Å². The van der Waals surface area contributed by atoms with Gasteiger partial charge < -0.3 is 30.5 Å². The number of nitrogens with one attached hydrogen (secondary N) is 2. The molecule has 1 saturated heterocycles. The lowest BCUT2D eigenvalue weighted by molar-refractivity contribution is -0.384. The molecule has 6 N–H and O–H groups in total. The average Bonchev–Trinajstić information content (AvgIpc) is 2.59. The molecule has 0 spiro atoms. The zero-order valence-corrected chi connectivity index (χ0v) is 12.7. The minimum atomic E-state index is -1.67. The fraction of sp³-hybridized carbons (Fsp3) is 0.462. The van der Waals surface area contributed by atoms with Crippen LogP contribution < -0.4 is 10.8 Å². The number of nitrogens with zero attached hydrogens (tertiary/aromatic N) is 1. The highest BCUT2D eigenvalue weighted by Gasteiger charge is 2.44. The van der Waals surface area contributed by atoms with Gasteiger partial charge in [-0.25, -0.2) is 15.1 Å². The van der Waals surface area contributed by atoms with Crippen molar-refractivity contribution in [1.82, 2.24) is 5.48 Å². The predicted octanol–water partition coefficient (Wildman–Crippen LogP) is -1.55. The number of benzene rings is 1. The molecule has 1 aliphatic rings. The number of hydrogen-bond donors (Lipinski definition) is 6. The minimum absolute atomic E-state index is 0.150. The third-order valence-electron chi connectivity index (χ3n) is 3.45. The van der Waals surface area contributed by atoms with Gasteiger partial charge in [0.25, 0.3) is 5.69 Å². The number of non-ortho nitro benzene ring substituents is 1. The largest absolute Gasteiger partial charge is 0.394 e. The molecule has 0 aromatic heterocycles. The smallest absolute Gasteiger partial charge is 0.343 e. The molecule has 138 valence electrons. The molecule has 12 nitrogen and oxygen atoms in total. The van der Waals surface area contributed by atoms with E-state index in [2.05, 4.69) is 5.32 Å². The van der Waals surface area contributed by atoms with Crippen LogP contribution in [0.2, 0.25) is 0 Å². The SMILES string of the molecule is O=C(NOC1OC(CO)C(O)C(O)C1O)Nc1ccc([N+](=O)[O-])cc1. The molecule has 25 heavy (non-hydrogen) atoms. The summed E-state index contributed by atoms with van der Waals surface area (Å²) < 4.78 is 5.02. The van der Waals surface area contributed by atoms with Crippen molar-refractivity contribution < 1.29 is 39.7 Å². The Bertz CT molecular complexity index is 609. The van der Waals surface area contributed by atoms with Crippen LogP contribution in [0.15, 0.2) is 24.3 Å². The Morgan fingerprint density at radius 3 is 2.40 bits per heavy atom. The fourth-order valence-electron chi connectivity index (χ4n) is 2.10. The summed E-state index contributed by atoms with van der Waals surface area (Å²) in [5, 5.41) is 50.8. The van der Waals surface area contributed by atoms with E-state index in [1.165, 1.54) is 24.3 Å². The summed E-state index contributed by atoms with van der Waals surface area (Å²) in [7, 11) is 0. The lowest BCUT2D eigenvalue weighted by Gasteiger charge is -2.39. The van der Waals surface area contributed by atoms with Gasteiger partial charge in [0.2, 0.25) is 6.29 Å². The maximum atomic E-state index is 11.7. The summed E-state index contributed by atoms with van der Waals surface area (Å²) in [5.41, 5.74) is 1.99. The van der Waals surface area contributed by atoms with Gasteiger partial charge in [-0.05, 0) is 12.1 Å². The van der Waals surface area contributed by atoms with Crippen LogP contribution in [-0.4, -0.2) is 68.7 Å². The second kappa shape index (κ2) is 8.15. The molecule has 1 aromatic carbocycles. The van der Waals surface area contributed by atoms with Gasteiger partial charge in [0, 0.05) is 17.8 Å². The third kappa shape index (κ3) is 4.60. The molecule has 2 rings (SSSR count). The Morgan fingerprint density at radius 1 is 1.20 bits per heavy atom. The molecule has 1 aliphatic heterocycles. The molecule has 2 amide bonds. The van der Waals surface area contributed by atoms with Crippen LogP contribution in [0.25, 0.3) is 0 Å². The third-order valence-corrected chi connectivity index (χ3v) is 3.45. The van der Waals surface area contributed by atoms with Crippen LogP contribution in [0, 0.1) is 10.1 Å². The average molecular weight is 359 g/mol. The molecule has 1 fully saturated rings. The van der Waals surface area contributed by atoms with E-state index in [0.29, 0.717) is 0 Å². The Morgan fingerprint density at radius 2 is 1.84 bits per heavy atom. The quantitative estimate of drug-likeness (QED) is 0.267. The van der Waals surface area contributed by atoms with Gasteiger partial charge in [-0.15, -0.1) is 0 Å². The zero-order chi connectivity index (χ0) is 18.6. The summed E-state index contributed by atoms with van der Waals surface area (Å²) in [4.78, 5) is 26.5. The van der Waals surface area contributed by atoms with E-state index >= 15 is 0 Å². The zero-order valence-electron chi connectivity index (χ0n) is 12.7. The predicted molar refractivity (Wildman–Crippen MR) is 80.1 cm³/mol. The first-order valence-corrected chi connectivity index (χ1v) is 7.11. The van der Waals surface area contributed by atoms with Gasteiger partial charge in [0.05, 0.1) is 11.5 Å². The first-order chi connectivity index (χ1) is 11.8. The number of hydrogen-bond acceptors (Lipinski definition) is 9. The number of rotatable bonds is 5. The van der Waals surface area contributed by atoms with E-state index in [9.17, 15) is 30.2 Å². The number of amides is 2. The second-order valence-corrected chi connectivity index (χ2v) is 5.18. The summed E-state index contributed by atoms with van der Waals surface area (Å²) in [6.45, 7) is -0.639. The van der Waals surface area contributed by atoms with Crippen molar-refractivity contribution in [3.8, 4) is 0 Å². The Labute approximate surface area is 140 Å². The summed E-state index contributed by atoms with van der Waals surface area (Å²) in [6.07, 6.45) is -7.57. The molecule has 0 saturated carbocycles. The monoisotopic (exact) mass is 359 g/mol. The number of hydroxylamine groups is 1. The maximum absolute atomic E-state index is 11.7. The summed E-state index contributed by atoms with van der Waals surface area (Å²) in [5.74, 6) is 0. The minimum Gasteiger partial charge on any atom is -0.394 e.